The van der Waals surface area contributed by atoms with Crippen LogP contribution in [-0.4, -0.2) is 7.25 Å². The molecule has 0 N–H and O–H groups in total. The van der Waals surface area contributed by atoms with Crippen molar-refractivity contribution in [3.8, 4) is 0 Å². The third-order valence-corrected chi connectivity index (χ3v) is 6.72. The smallest absolute Gasteiger partial charge is 0.418 e. The third-order valence-electron chi connectivity index (χ3n) is 3.00. The van der Waals surface area contributed by atoms with Crippen LogP contribution >= 0.6 is 0 Å². The van der Waals surface area contributed by atoms with Gasteiger partial charge in [-0.3, -0.25) is 0 Å². The second-order valence-corrected chi connectivity index (χ2v) is 8.67. The van der Waals surface area contributed by atoms with Gasteiger partial charge in [-0.15, -0.1) is 0 Å². The van der Waals surface area contributed by atoms with Gasteiger partial charge in [-0.2, -0.15) is 0 Å². The van der Waals surface area contributed by atoms with E-state index in [9.17, 15) is 17.3 Å². The van der Waals surface area contributed by atoms with Crippen molar-refractivity contribution in [3.63, 3.8) is 0 Å². The Hall–Kier alpha value is -0.606. The minimum atomic E-state index is -6.00. The van der Waals surface area contributed by atoms with Gasteiger partial charge in [0.05, 0.1) is 0 Å². The van der Waals surface area contributed by atoms with Crippen molar-refractivity contribution in [2.75, 3.05) is 0 Å². The molecule has 2 rings (SSSR count). The van der Waals surface area contributed by atoms with E-state index in [0.29, 0.717) is 0 Å². The average molecular weight is 493 g/mol. The van der Waals surface area contributed by atoms with Crippen LogP contribution in [0.3, 0.4) is 0 Å². The van der Waals surface area contributed by atoms with E-state index in [2.05, 4.69) is 36.5 Å². The molecule has 126 valence electrons. The fraction of sp³-hybridized carbons (Fsp3) is 0.500. The average Bonchev–Trinajstić information content (AvgIpc) is 2.32. The van der Waals surface area contributed by atoms with E-state index in [1.165, 1.54) is 51.4 Å². The fourth-order valence-corrected chi connectivity index (χ4v) is 5.51. The summed E-state index contributed by atoms with van der Waals surface area (Å²) in [5.41, 5.74) is 0. The molecule has 0 spiro atoms. The molecule has 0 saturated carbocycles. The first-order chi connectivity index (χ1) is 10.4. The van der Waals surface area contributed by atoms with Crippen LogP contribution in [0.5, 0.6) is 0 Å². The second-order valence-electron chi connectivity index (χ2n) is 5.00. The van der Waals surface area contributed by atoms with E-state index < -0.39 is 7.25 Å². The van der Waals surface area contributed by atoms with E-state index >= 15 is 0 Å². The molecule has 0 saturated heterocycles. The Kier molecular flexibility index (Phi) is 9.73. The molecule has 0 radical (unpaired) electrons. The Morgan fingerprint density at radius 1 is 0.636 bits per heavy atom. The summed E-state index contributed by atoms with van der Waals surface area (Å²) in [7, 11) is -6.00. The monoisotopic (exact) mass is 494 g/mol. The fourth-order valence-electron chi connectivity index (χ4n) is 2.05. The summed E-state index contributed by atoms with van der Waals surface area (Å²) in [6.45, 7) is 0. The standard InChI is InChI=1S/2C8H11.BF4.Ir/c2*1-2-4-6-8-7-5-3-1;2-1(3,4)5;/h2*1-2,7H,3-6H2;;/q;;-1;+1. The second kappa shape index (κ2) is 11.0. The Morgan fingerprint density at radius 3 is 1.41 bits per heavy atom. The largest absolute Gasteiger partial charge is 0.673 e. The van der Waals surface area contributed by atoms with Crippen LogP contribution in [0.25, 0.3) is 0 Å². The SMILES string of the molecule is C1=CCC[C]([Ir+][C]2=CCCC=CCC2)=CCC1.F[B-](F)(F)F. The Labute approximate surface area is 138 Å². The van der Waals surface area contributed by atoms with Crippen molar-refractivity contribution < 1.29 is 35.0 Å². The van der Waals surface area contributed by atoms with Gasteiger partial charge in [0.25, 0.3) is 0 Å². The molecule has 0 aliphatic heterocycles. The quantitative estimate of drug-likeness (QED) is 0.237. The molecule has 0 fully saturated rings. The molecule has 2 aliphatic carbocycles. The molecule has 0 aromatic rings. The zero-order valence-electron chi connectivity index (χ0n) is 12.5. The first kappa shape index (κ1) is 19.4. The van der Waals surface area contributed by atoms with Crippen molar-refractivity contribution in [2.24, 2.45) is 0 Å². The molecule has 0 unspecified atom stereocenters. The summed E-state index contributed by atoms with van der Waals surface area (Å²) in [5.74, 6) is 0. The maximum Gasteiger partial charge on any atom is 0.673 e. The van der Waals surface area contributed by atoms with Gasteiger partial charge < -0.3 is 17.3 Å². The predicted molar refractivity (Wildman–Crippen MR) is 81.6 cm³/mol. The molecule has 0 atom stereocenters. The van der Waals surface area contributed by atoms with Gasteiger partial charge in [0.1, 0.15) is 0 Å². The minimum Gasteiger partial charge on any atom is -0.418 e. The van der Waals surface area contributed by atoms with Gasteiger partial charge in [-0.25, -0.2) is 0 Å². The van der Waals surface area contributed by atoms with E-state index in [-0.39, 0.29) is 17.7 Å². The number of rotatable bonds is 2. The van der Waals surface area contributed by atoms with Crippen molar-refractivity contribution in [3.05, 3.63) is 44.6 Å². The zero-order chi connectivity index (χ0) is 16.3. The third kappa shape index (κ3) is 12.0. The van der Waals surface area contributed by atoms with Crippen LogP contribution in [0.2, 0.25) is 0 Å². The molecule has 0 amide bonds. The van der Waals surface area contributed by atoms with Gasteiger partial charge in [-0.05, 0) is 0 Å². The van der Waals surface area contributed by atoms with Gasteiger partial charge in [0.2, 0.25) is 0 Å². The van der Waals surface area contributed by atoms with Crippen molar-refractivity contribution in [1.82, 2.24) is 0 Å². The normalized spacial score (nSPS) is 19.8. The van der Waals surface area contributed by atoms with Crippen LogP contribution in [0.15, 0.2) is 44.6 Å². The maximum atomic E-state index is 9.75. The number of allylic oxidation sites excluding steroid dienone is 8. The first-order valence-electron chi connectivity index (χ1n) is 7.61. The first-order valence-corrected chi connectivity index (χ1v) is 10.0. The van der Waals surface area contributed by atoms with E-state index in [1.807, 2.05) is 0 Å². The summed E-state index contributed by atoms with van der Waals surface area (Å²) in [6, 6.07) is 0. The predicted octanol–water partition coefficient (Wildman–Crippen LogP) is 6.40. The van der Waals surface area contributed by atoms with E-state index in [1.54, 1.807) is 8.17 Å². The molecule has 22 heavy (non-hydrogen) atoms. The Bertz CT molecular complexity index is 396. The van der Waals surface area contributed by atoms with Gasteiger partial charge in [0, 0.05) is 0 Å². The summed E-state index contributed by atoms with van der Waals surface area (Å²) in [5, 5.41) is 0. The van der Waals surface area contributed by atoms with Crippen LogP contribution in [-0.2, 0) is 17.7 Å². The number of hydrogen-bond donors (Lipinski definition) is 0. The Morgan fingerprint density at radius 2 is 1.00 bits per heavy atom. The van der Waals surface area contributed by atoms with Gasteiger partial charge in [0.15, 0.2) is 0 Å². The molecule has 0 heterocycles. The summed E-state index contributed by atoms with van der Waals surface area (Å²) >= 11 is 0.0328. The topological polar surface area (TPSA) is 0 Å². The Balaban J connectivity index is 0.000000422. The molecule has 0 bridgehead atoms. The molecule has 2 aliphatic rings. The summed E-state index contributed by atoms with van der Waals surface area (Å²) < 4.78 is 42.6. The zero-order valence-corrected chi connectivity index (χ0v) is 14.9. The number of halogens is 4. The number of hydrogen-bond acceptors (Lipinski definition) is 0. The van der Waals surface area contributed by atoms with Crippen LogP contribution in [0, 0.1) is 0 Å². The minimum absolute atomic E-state index is 0.0328. The molecular formula is C16H22BF4Ir. The molecule has 0 aromatic heterocycles. The van der Waals surface area contributed by atoms with E-state index in [0.717, 1.165) is 0 Å². The van der Waals surface area contributed by atoms with Crippen LogP contribution in [0.4, 0.5) is 17.3 Å². The summed E-state index contributed by atoms with van der Waals surface area (Å²) in [6.07, 6.45) is 24.7. The summed E-state index contributed by atoms with van der Waals surface area (Å²) in [4.78, 5) is 0. The molecule has 0 nitrogen and oxygen atoms in total. The molecule has 0 aromatic carbocycles. The van der Waals surface area contributed by atoms with Crippen LogP contribution < -0.4 is 0 Å². The van der Waals surface area contributed by atoms with Crippen molar-refractivity contribution in [1.29, 1.82) is 0 Å². The molecular weight excluding hydrogens is 471 g/mol. The van der Waals surface area contributed by atoms with Gasteiger partial charge in [-0.1, -0.05) is 0 Å². The maximum absolute atomic E-state index is 9.75. The van der Waals surface area contributed by atoms with Crippen LogP contribution in [0.1, 0.15) is 51.4 Å². The molecule has 6 heteroatoms. The van der Waals surface area contributed by atoms with Crippen molar-refractivity contribution >= 4 is 7.25 Å². The van der Waals surface area contributed by atoms with Crippen molar-refractivity contribution in [2.45, 2.75) is 51.4 Å². The van der Waals surface area contributed by atoms with Gasteiger partial charge >= 0.3 is 121 Å². The van der Waals surface area contributed by atoms with E-state index in [4.69, 9.17) is 0 Å².